The topological polar surface area (TPSA) is 54.7 Å². The monoisotopic (exact) mass is 294 g/mol. The SMILES string of the molecule is Cc1occc1C(=O)NCC(C)(C)N1CC(C)OC(C)C1. The number of furan rings is 1. The summed E-state index contributed by atoms with van der Waals surface area (Å²) < 4.78 is 10.9. The van der Waals surface area contributed by atoms with Gasteiger partial charge in [-0.1, -0.05) is 0 Å². The summed E-state index contributed by atoms with van der Waals surface area (Å²) in [6.45, 7) is 12.6. The number of carbonyl (C=O) groups is 1. The van der Waals surface area contributed by atoms with Crippen molar-refractivity contribution in [2.24, 2.45) is 0 Å². The van der Waals surface area contributed by atoms with Gasteiger partial charge < -0.3 is 14.5 Å². The van der Waals surface area contributed by atoms with Crippen LogP contribution < -0.4 is 5.32 Å². The Kier molecular flexibility index (Phi) is 4.74. The van der Waals surface area contributed by atoms with Crippen LogP contribution in [0.3, 0.4) is 0 Å². The Hall–Kier alpha value is -1.33. The molecule has 1 saturated heterocycles. The Morgan fingerprint density at radius 2 is 2.00 bits per heavy atom. The third-order valence-corrected chi connectivity index (χ3v) is 4.06. The highest BCUT2D eigenvalue weighted by Gasteiger charge is 2.33. The fraction of sp³-hybridized carbons (Fsp3) is 0.688. The highest BCUT2D eigenvalue weighted by molar-refractivity contribution is 5.95. The second-order valence-electron chi connectivity index (χ2n) is 6.55. The number of hydrogen-bond acceptors (Lipinski definition) is 4. The summed E-state index contributed by atoms with van der Waals surface area (Å²) in [5.74, 6) is 0.572. The van der Waals surface area contributed by atoms with Crippen LogP contribution in [0.1, 0.15) is 43.8 Å². The van der Waals surface area contributed by atoms with Crippen LogP contribution in [0.5, 0.6) is 0 Å². The zero-order valence-corrected chi connectivity index (χ0v) is 13.6. The molecule has 1 fully saturated rings. The molecule has 118 valence electrons. The lowest BCUT2D eigenvalue weighted by Crippen LogP contribution is -2.58. The lowest BCUT2D eigenvalue weighted by atomic mass is 10.00. The van der Waals surface area contributed by atoms with Crippen molar-refractivity contribution in [3.05, 3.63) is 23.7 Å². The first kappa shape index (κ1) is 16.0. The summed E-state index contributed by atoms with van der Waals surface area (Å²) in [7, 11) is 0. The maximum atomic E-state index is 12.2. The quantitative estimate of drug-likeness (QED) is 0.925. The van der Waals surface area contributed by atoms with E-state index in [-0.39, 0.29) is 23.7 Å². The Bertz CT molecular complexity index is 485. The first-order chi connectivity index (χ1) is 9.79. The highest BCUT2D eigenvalue weighted by Crippen LogP contribution is 2.21. The Morgan fingerprint density at radius 3 is 2.52 bits per heavy atom. The van der Waals surface area contributed by atoms with E-state index >= 15 is 0 Å². The first-order valence-electron chi connectivity index (χ1n) is 7.52. The molecule has 0 spiro atoms. The van der Waals surface area contributed by atoms with Crippen LogP contribution in [0.2, 0.25) is 0 Å². The number of carbonyl (C=O) groups excluding carboxylic acids is 1. The maximum Gasteiger partial charge on any atom is 0.254 e. The number of morpholine rings is 1. The number of hydrogen-bond donors (Lipinski definition) is 1. The molecule has 1 amide bonds. The molecular weight excluding hydrogens is 268 g/mol. The van der Waals surface area contributed by atoms with Gasteiger partial charge in [-0.05, 0) is 40.7 Å². The molecule has 1 N–H and O–H groups in total. The molecule has 5 nitrogen and oxygen atoms in total. The van der Waals surface area contributed by atoms with E-state index in [1.807, 2.05) is 0 Å². The van der Waals surface area contributed by atoms with Crippen LogP contribution >= 0.6 is 0 Å². The molecule has 2 atom stereocenters. The van der Waals surface area contributed by atoms with Crippen molar-refractivity contribution in [3.8, 4) is 0 Å². The van der Waals surface area contributed by atoms with Gasteiger partial charge in [-0.25, -0.2) is 0 Å². The van der Waals surface area contributed by atoms with Gasteiger partial charge in [0.25, 0.3) is 5.91 Å². The Balaban J connectivity index is 1.94. The number of nitrogens with zero attached hydrogens (tertiary/aromatic N) is 1. The average molecular weight is 294 g/mol. The zero-order valence-electron chi connectivity index (χ0n) is 13.6. The standard InChI is InChI=1S/C16H26N2O3/c1-11-8-18(9-12(2)21-11)16(4,5)10-17-15(19)14-6-7-20-13(14)3/h6-7,11-12H,8-10H2,1-5H3,(H,17,19). The molecule has 2 heterocycles. The van der Waals surface area contributed by atoms with E-state index in [2.05, 4.69) is 37.9 Å². The summed E-state index contributed by atoms with van der Waals surface area (Å²) in [5.41, 5.74) is 0.495. The molecule has 0 saturated carbocycles. The molecule has 1 aliphatic heterocycles. The van der Waals surface area contributed by atoms with Gasteiger partial charge in [0.2, 0.25) is 0 Å². The molecule has 0 aromatic carbocycles. The second-order valence-corrected chi connectivity index (χ2v) is 6.55. The third kappa shape index (κ3) is 3.86. The van der Waals surface area contributed by atoms with Gasteiger partial charge in [-0.2, -0.15) is 0 Å². The fourth-order valence-electron chi connectivity index (χ4n) is 2.80. The van der Waals surface area contributed by atoms with E-state index in [4.69, 9.17) is 9.15 Å². The smallest absolute Gasteiger partial charge is 0.254 e. The Labute approximate surface area is 126 Å². The number of nitrogens with one attached hydrogen (secondary N) is 1. The molecule has 1 aromatic rings. The van der Waals surface area contributed by atoms with Crippen molar-refractivity contribution < 1.29 is 13.9 Å². The molecule has 5 heteroatoms. The van der Waals surface area contributed by atoms with Gasteiger partial charge in [0.1, 0.15) is 5.76 Å². The van der Waals surface area contributed by atoms with E-state index in [1.165, 1.54) is 0 Å². The normalized spacial score (nSPS) is 24.0. The molecule has 2 unspecified atom stereocenters. The minimum atomic E-state index is -0.112. The van der Waals surface area contributed by atoms with Gasteiger partial charge in [-0.15, -0.1) is 0 Å². The second kappa shape index (κ2) is 6.20. The average Bonchev–Trinajstić information content (AvgIpc) is 2.81. The number of ether oxygens (including phenoxy) is 1. The van der Waals surface area contributed by atoms with Crippen LogP contribution in [0.15, 0.2) is 16.7 Å². The van der Waals surface area contributed by atoms with Gasteiger partial charge in [0.15, 0.2) is 0 Å². The van der Waals surface area contributed by atoms with Gasteiger partial charge in [0.05, 0.1) is 24.0 Å². The van der Waals surface area contributed by atoms with Gasteiger partial charge in [-0.3, -0.25) is 9.69 Å². The summed E-state index contributed by atoms with van der Waals surface area (Å²) in [4.78, 5) is 14.6. The Morgan fingerprint density at radius 1 is 1.38 bits per heavy atom. The maximum absolute atomic E-state index is 12.2. The number of aryl methyl sites for hydroxylation is 1. The van der Waals surface area contributed by atoms with E-state index in [0.717, 1.165) is 13.1 Å². The predicted octanol–water partition coefficient (Wildman–Crippen LogP) is 2.21. The van der Waals surface area contributed by atoms with E-state index in [1.54, 1.807) is 19.3 Å². The van der Waals surface area contributed by atoms with Crippen molar-refractivity contribution >= 4 is 5.91 Å². The van der Waals surface area contributed by atoms with Crippen molar-refractivity contribution in [1.29, 1.82) is 0 Å². The largest absolute Gasteiger partial charge is 0.469 e. The van der Waals surface area contributed by atoms with Crippen molar-refractivity contribution in [3.63, 3.8) is 0 Å². The molecule has 1 aliphatic rings. The summed E-state index contributed by atoms with van der Waals surface area (Å²) in [6.07, 6.45) is 1.99. The van der Waals surface area contributed by atoms with Crippen LogP contribution in [-0.4, -0.2) is 48.2 Å². The minimum Gasteiger partial charge on any atom is -0.469 e. The molecule has 0 bridgehead atoms. The van der Waals surface area contributed by atoms with Gasteiger partial charge in [0, 0.05) is 25.2 Å². The summed E-state index contributed by atoms with van der Waals surface area (Å²) in [5, 5.41) is 3.01. The third-order valence-electron chi connectivity index (χ3n) is 4.06. The van der Waals surface area contributed by atoms with Crippen LogP contribution in [0.4, 0.5) is 0 Å². The van der Waals surface area contributed by atoms with E-state index < -0.39 is 0 Å². The lowest BCUT2D eigenvalue weighted by Gasteiger charge is -2.45. The predicted molar refractivity (Wildman–Crippen MR) is 81.4 cm³/mol. The summed E-state index contributed by atoms with van der Waals surface area (Å²) in [6, 6.07) is 1.70. The van der Waals surface area contributed by atoms with Crippen LogP contribution in [0, 0.1) is 6.92 Å². The van der Waals surface area contributed by atoms with Crippen molar-refractivity contribution in [1.82, 2.24) is 10.2 Å². The molecule has 21 heavy (non-hydrogen) atoms. The fourth-order valence-corrected chi connectivity index (χ4v) is 2.80. The molecule has 2 rings (SSSR count). The molecular formula is C16H26N2O3. The highest BCUT2D eigenvalue weighted by atomic mass is 16.5. The minimum absolute atomic E-state index is 0.0799. The molecule has 1 aromatic heterocycles. The van der Waals surface area contributed by atoms with Crippen LogP contribution in [0.25, 0.3) is 0 Å². The molecule has 0 radical (unpaired) electrons. The number of amides is 1. The van der Waals surface area contributed by atoms with E-state index in [9.17, 15) is 4.79 Å². The van der Waals surface area contributed by atoms with E-state index in [0.29, 0.717) is 17.9 Å². The van der Waals surface area contributed by atoms with Gasteiger partial charge >= 0.3 is 0 Å². The first-order valence-corrected chi connectivity index (χ1v) is 7.52. The van der Waals surface area contributed by atoms with Crippen LogP contribution in [-0.2, 0) is 4.74 Å². The van der Waals surface area contributed by atoms with Crippen molar-refractivity contribution in [2.45, 2.75) is 52.4 Å². The zero-order chi connectivity index (χ0) is 15.6. The lowest BCUT2D eigenvalue weighted by molar-refractivity contribution is -0.0948. The summed E-state index contributed by atoms with van der Waals surface area (Å²) >= 11 is 0. The molecule has 0 aliphatic carbocycles. The number of rotatable bonds is 4. The van der Waals surface area contributed by atoms with Crippen molar-refractivity contribution in [2.75, 3.05) is 19.6 Å².